The van der Waals surface area contributed by atoms with Crippen LogP contribution < -0.4 is 5.32 Å². The van der Waals surface area contributed by atoms with Gasteiger partial charge in [0.25, 0.3) is 0 Å². The first kappa shape index (κ1) is 16.8. The Hall–Kier alpha value is -2.04. The molecule has 0 unspecified atom stereocenters. The average Bonchev–Trinajstić information content (AvgIpc) is 3.10. The number of benzene rings is 1. The van der Waals surface area contributed by atoms with Crippen molar-refractivity contribution < 1.29 is 4.79 Å². The molecule has 3 rings (SSSR count). The summed E-state index contributed by atoms with van der Waals surface area (Å²) in [4.78, 5) is 20.5. The van der Waals surface area contributed by atoms with Crippen molar-refractivity contribution in [3.8, 4) is 0 Å². The van der Waals surface area contributed by atoms with Gasteiger partial charge in [-0.05, 0) is 30.4 Å². The SMILES string of the molecule is CN(C)C(=O)CN=C(NC1CCCC1)N1CCc2ccccc2C1. The summed E-state index contributed by atoms with van der Waals surface area (Å²) in [6.07, 6.45) is 5.99. The van der Waals surface area contributed by atoms with Crippen LogP contribution in [0.25, 0.3) is 0 Å². The predicted molar refractivity (Wildman–Crippen MR) is 96.9 cm³/mol. The zero-order valence-electron chi connectivity index (χ0n) is 14.8. The van der Waals surface area contributed by atoms with Gasteiger partial charge in [0.1, 0.15) is 6.54 Å². The highest BCUT2D eigenvalue weighted by Crippen LogP contribution is 2.21. The minimum absolute atomic E-state index is 0.0399. The molecule has 1 N–H and O–H groups in total. The summed E-state index contributed by atoms with van der Waals surface area (Å²) in [6.45, 7) is 2.02. The summed E-state index contributed by atoms with van der Waals surface area (Å²) >= 11 is 0. The third kappa shape index (κ3) is 4.08. The van der Waals surface area contributed by atoms with Gasteiger partial charge < -0.3 is 15.1 Å². The number of rotatable bonds is 3. The lowest BCUT2D eigenvalue weighted by Gasteiger charge is -2.33. The second kappa shape index (κ2) is 7.69. The molecule has 130 valence electrons. The summed E-state index contributed by atoms with van der Waals surface area (Å²) < 4.78 is 0. The molecule has 5 nitrogen and oxygen atoms in total. The molecule has 0 bridgehead atoms. The Labute approximate surface area is 144 Å². The zero-order chi connectivity index (χ0) is 16.9. The highest BCUT2D eigenvalue weighted by Gasteiger charge is 2.23. The molecule has 0 saturated heterocycles. The normalized spacial score (nSPS) is 18.4. The van der Waals surface area contributed by atoms with Crippen LogP contribution in [0.5, 0.6) is 0 Å². The molecule has 0 radical (unpaired) electrons. The maximum atomic E-state index is 11.9. The number of aliphatic imine (C=N–C) groups is 1. The molecule has 1 aliphatic carbocycles. The van der Waals surface area contributed by atoms with Gasteiger partial charge in [-0.15, -0.1) is 0 Å². The van der Waals surface area contributed by atoms with Gasteiger partial charge in [0, 0.05) is 33.2 Å². The number of carbonyl (C=O) groups excluding carboxylic acids is 1. The van der Waals surface area contributed by atoms with Crippen molar-refractivity contribution in [2.45, 2.75) is 44.7 Å². The number of fused-ring (bicyclic) bond motifs is 1. The van der Waals surface area contributed by atoms with E-state index in [2.05, 4.69) is 39.5 Å². The van der Waals surface area contributed by atoms with Crippen LogP contribution in [0.3, 0.4) is 0 Å². The zero-order valence-corrected chi connectivity index (χ0v) is 14.8. The van der Waals surface area contributed by atoms with Crippen molar-refractivity contribution in [2.24, 2.45) is 4.99 Å². The molecule has 24 heavy (non-hydrogen) atoms. The van der Waals surface area contributed by atoms with E-state index in [0.717, 1.165) is 25.5 Å². The lowest BCUT2D eigenvalue weighted by atomic mass is 10.0. The second-order valence-corrected chi connectivity index (χ2v) is 6.99. The van der Waals surface area contributed by atoms with Gasteiger partial charge >= 0.3 is 0 Å². The number of amides is 1. The molecule has 5 heteroatoms. The fourth-order valence-electron chi connectivity index (χ4n) is 3.45. The molecule has 0 spiro atoms. The Morgan fingerprint density at radius 3 is 2.67 bits per heavy atom. The summed E-state index contributed by atoms with van der Waals surface area (Å²) in [7, 11) is 3.55. The van der Waals surface area contributed by atoms with Gasteiger partial charge in [0.2, 0.25) is 5.91 Å². The summed E-state index contributed by atoms with van der Waals surface area (Å²) in [5, 5.41) is 3.62. The molecule has 1 saturated carbocycles. The van der Waals surface area contributed by atoms with Crippen molar-refractivity contribution in [3.63, 3.8) is 0 Å². The Bertz CT molecular complexity index is 605. The smallest absolute Gasteiger partial charge is 0.243 e. The van der Waals surface area contributed by atoms with E-state index in [4.69, 9.17) is 0 Å². The molecule has 0 aromatic heterocycles. The summed E-state index contributed by atoms with van der Waals surface area (Å²) in [5.74, 6) is 0.935. The first-order chi connectivity index (χ1) is 11.6. The first-order valence-electron chi connectivity index (χ1n) is 8.96. The van der Waals surface area contributed by atoms with Crippen molar-refractivity contribution in [3.05, 3.63) is 35.4 Å². The topological polar surface area (TPSA) is 47.9 Å². The molecule has 1 amide bonds. The fourth-order valence-corrected chi connectivity index (χ4v) is 3.45. The molecule has 1 aromatic carbocycles. The molecule has 2 aliphatic rings. The van der Waals surface area contributed by atoms with Crippen molar-refractivity contribution in [1.82, 2.24) is 15.1 Å². The highest BCUT2D eigenvalue weighted by atomic mass is 16.2. The van der Waals surface area contributed by atoms with Crippen LogP contribution in [0.15, 0.2) is 29.3 Å². The predicted octanol–water partition coefficient (Wildman–Crippen LogP) is 2.02. The van der Waals surface area contributed by atoms with E-state index in [1.54, 1.807) is 19.0 Å². The van der Waals surface area contributed by atoms with E-state index < -0.39 is 0 Å². The molecular weight excluding hydrogens is 300 g/mol. The molecule has 1 fully saturated rings. The van der Waals surface area contributed by atoms with Crippen LogP contribution in [0, 0.1) is 0 Å². The van der Waals surface area contributed by atoms with Gasteiger partial charge in [-0.3, -0.25) is 4.79 Å². The lowest BCUT2D eigenvalue weighted by Crippen LogP contribution is -2.47. The summed E-state index contributed by atoms with van der Waals surface area (Å²) in [5.41, 5.74) is 2.79. The van der Waals surface area contributed by atoms with E-state index >= 15 is 0 Å². The third-order valence-electron chi connectivity index (χ3n) is 4.98. The molecule has 1 aromatic rings. The fraction of sp³-hybridized carbons (Fsp3) is 0.579. The van der Waals surface area contributed by atoms with Crippen molar-refractivity contribution in [1.29, 1.82) is 0 Å². The van der Waals surface area contributed by atoms with E-state index in [-0.39, 0.29) is 12.5 Å². The van der Waals surface area contributed by atoms with Crippen LogP contribution in [-0.2, 0) is 17.8 Å². The Kier molecular flexibility index (Phi) is 5.38. The van der Waals surface area contributed by atoms with Crippen LogP contribution in [0.4, 0.5) is 0 Å². The van der Waals surface area contributed by atoms with Gasteiger partial charge in [-0.25, -0.2) is 4.99 Å². The second-order valence-electron chi connectivity index (χ2n) is 6.99. The number of hydrogen-bond donors (Lipinski definition) is 1. The number of hydrogen-bond acceptors (Lipinski definition) is 2. The monoisotopic (exact) mass is 328 g/mol. The minimum Gasteiger partial charge on any atom is -0.353 e. The largest absolute Gasteiger partial charge is 0.353 e. The molecular formula is C19H28N4O. The minimum atomic E-state index is 0.0399. The maximum absolute atomic E-state index is 11.9. The number of carbonyl (C=O) groups is 1. The van der Waals surface area contributed by atoms with E-state index in [1.807, 2.05) is 0 Å². The van der Waals surface area contributed by atoms with Gasteiger partial charge in [0.15, 0.2) is 5.96 Å². The molecule has 0 atom stereocenters. The molecule has 1 heterocycles. The first-order valence-corrected chi connectivity index (χ1v) is 8.96. The summed E-state index contributed by atoms with van der Waals surface area (Å²) in [6, 6.07) is 9.11. The maximum Gasteiger partial charge on any atom is 0.243 e. The number of likely N-dealkylation sites (N-methyl/N-ethyl adjacent to an activating group) is 1. The van der Waals surface area contributed by atoms with Crippen LogP contribution >= 0.6 is 0 Å². The molecule has 1 aliphatic heterocycles. The highest BCUT2D eigenvalue weighted by molar-refractivity contribution is 5.85. The Morgan fingerprint density at radius 2 is 1.96 bits per heavy atom. The van der Waals surface area contributed by atoms with Crippen LogP contribution in [0.1, 0.15) is 36.8 Å². The quantitative estimate of drug-likeness (QED) is 0.682. The Morgan fingerprint density at radius 1 is 1.25 bits per heavy atom. The third-order valence-corrected chi connectivity index (χ3v) is 4.98. The number of guanidine groups is 1. The average molecular weight is 328 g/mol. The van der Waals surface area contributed by atoms with Gasteiger partial charge in [0.05, 0.1) is 0 Å². The number of nitrogens with zero attached hydrogens (tertiary/aromatic N) is 3. The van der Waals surface area contributed by atoms with Crippen molar-refractivity contribution >= 4 is 11.9 Å². The number of nitrogens with one attached hydrogen (secondary N) is 1. The van der Waals surface area contributed by atoms with Gasteiger partial charge in [-0.1, -0.05) is 37.1 Å². The van der Waals surface area contributed by atoms with Crippen LogP contribution in [0.2, 0.25) is 0 Å². The van der Waals surface area contributed by atoms with E-state index in [9.17, 15) is 4.79 Å². The lowest BCUT2D eigenvalue weighted by molar-refractivity contribution is -0.127. The standard InChI is InChI=1S/C19H28N4O/c1-22(2)18(24)13-20-19(21-17-9-5-6-10-17)23-12-11-15-7-3-4-8-16(15)14-23/h3-4,7-8,17H,5-6,9-14H2,1-2H3,(H,20,21). The van der Waals surface area contributed by atoms with Gasteiger partial charge in [-0.2, -0.15) is 0 Å². The van der Waals surface area contributed by atoms with E-state index in [1.165, 1.54) is 36.8 Å². The Balaban J connectivity index is 1.73. The van der Waals surface area contributed by atoms with Crippen LogP contribution in [-0.4, -0.2) is 54.9 Å². The van der Waals surface area contributed by atoms with E-state index in [0.29, 0.717) is 6.04 Å². The van der Waals surface area contributed by atoms with Crippen molar-refractivity contribution in [2.75, 3.05) is 27.2 Å².